The summed E-state index contributed by atoms with van der Waals surface area (Å²) in [7, 11) is -4.23. The first-order valence-electron chi connectivity index (χ1n) is 20.8. The minimum atomic E-state index is -4.23. The predicted molar refractivity (Wildman–Crippen MR) is 242 cm³/mol. The number of ether oxygens (including phenoxy) is 2. The summed E-state index contributed by atoms with van der Waals surface area (Å²) >= 11 is 6.20. The average molecular weight is 863 g/mol. The summed E-state index contributed by atoms with van der Waals surface area (Å²) < 4.78 is 43.3. The number of aromatic amines is 1. The number of aromatic nitrogens is 2. The topological polar surface area (TPSA) is 138 Å². The average Bonchev–Trinajstić information content (AvgIpc) is 3.72. The molecule has 318 valence electrons. The van der Waals surface area contributed by atoms with Crippen molar-refractivity contribution in [2.24, 2.45) is 5.92 Å². The molecule has 3 N–H and O–H groups in total. The number of anilines is 2. The van der Waals surface area contributed by atoms with Crippen molar-refractivity contribution >= 4 is 49.8 Å². The Kier molecular flexibility index (Phi) is 12.5. The Bertz CT molecular complexity index is 2700. The number of rotatable bonds is 13. The predicted octanol–water partition coefficient (Wildman–Crippen LogP) is 8.61. The second kappa shape index (κ2) is 18.2. The number of benzene rings is 4. The number of aryl methyl sites for hydroxylation is 1. The van der Waals surface area contributed by atoms with Crippen LogP contribution in [-0.2, 0) is 21.3 Å². The Balaban J connectivity index is 1.00. The van der Waals surface area contributed by atoms with Crippen molar-refractivity contribution < 1.29 is 22.7 Å². The summed E-state index contributed by atoms with van der Waals surface area (Å²) in [5, 5.41) is 5.02. The minimum Gasteiger partial charge on any atom is -0.456 e. The maximum absolute atomic E-state index is 13.9. The SMILES string of the molecule is Cc1cc(S(=O)(=O)NC(=O)c2ccc(N3CCN(Cc4cn(C(C)C)c(=O)cc4-c4ccc(Cl)cc4)CC3)cc2Oc2ccc3[nH]ccc3c2)ccc1NCC1CCOCC1. The van der Waals surface area contributed by atoms with Crippen LogP contribution in [0.5, 0.6) is 11.5 Å². The first kappa shape index (κ1) is 42.1. The smallest absolute Gasteiger partial charge is 0.268 e. The number of nitrogens with zero attached hydrogens (tertiary/aromatic N) is 3. The van der Waals surface area contributed by atoms with Gasteiger partial charge in [-0.15, -0.1) is 0 Å². The number of piperazine rings is 1. The highest BCUT2D eigenvalue weighted by molar-refractivity contribution is 7.90. The number of amides is 1. The number of halogens is 1. The van der Waals surface area contributed by atoms with Crippen LogP contribution in [0.2, 0.25) is 5.02 Å². The third-order valence-electron chi connectivity index (χ3n) is 11.6. The lowest BCUT2D eigenvalue weighted by atomic mass is 10.0. The fourth-order valence-corrected chi connectivity index (χ4v) is 9.25. The van der Waals surface area contributed by atoms with Gasteiger partial charge in [-0.1, -0.05) is 23.7 Å². The van der Waals surface area contributed by atoms with Crippen LogP contribution in [0.1, 0.15) is 54.2 Å². The molecule has 0 aliphatic carbocycles. The van der Waals surface area contributed by atoms with Crippen LogP contribution >= 0.6 is 11.6 Å². The molecule has 0 unspecified atom stereocenters. The number of hydrogen-bond acceptors (Lipinski definition) is 9. The maximum atomic E-state index is 13.9. The van der Waals surface area contributed by atoms with Crippen molar-refractivity contribution in [3.63, 3.8) is 0 Å². The molecule has 2 aromatic heterocycles. The molecule has 61 heavy (non-hydrogen) atoms. The van der Waals surface area contributed by atoms with Gasteiger partial charge in [0, 0.05) is 110 Å². The van der Waals surface area contributed by atoms with E-state index in [0.717, 1.165) is 90.2 Å². The molecule has 0 spiro atoms. The van der Waals surface area contributed by atoms with Crippen molar-refractivity contribution in [2.45, 2.75) is 51.1 Å². The Morgan fingerprint density at radius 2 is 1.70 bits per heavy atom. The Labute approximate surface area is 361 Å². The highest BCUT2D eigenvalue weighted by atomic mass is 35.5. The number of nitrogens with one attached hydrogen (secondary N) is 3. The van der Waals surface area contributed by atoms with E-state index < -0.39 is 15.9 Å². The van der Waals surface area contributed by atoms with E-state index in [-0.39, 0.29) is 27.8 Å². The molecule has 4 heterocycles. The fraction of sp³-hybridized carbons (Fsp3) is 0.319. The highest BCUT2D eigenvalue weighted by Crippen LogP contribution is 2.33. The molecule has 2 saturated heterocycles. The van der Waals surface area contributed by atoms with Crippen LogP contribution in [-0.4, -0.2) is 74.7 Å². The Hall–Kier alpha value is -5.60. The number of pyridine rings is 1. The largest absolute Gasteiger partial charge is 0.456 e. The van der Waals surface area contributed by atoms with Gasteiger partial charge in [0.1, 0.15) is 11.5 Å². The van der Waals surface area contributed by atoms with Crippen LogP contribution in [0.15, 0.2) is 113 Å². The van der Waals surface area contributed by atoms with Gasteiger partial charge in [-0.3, -0.25) is 14.5 Å². The van der Waals surface area contributed by atoms with E-state index >= 15 is 0 Å². The molecule has 0 radical (unpaired) electrons. The number of carbonyl (C=O) groups is 1. The Morgan fingerprint density at radius 3 is 2.44 bits per heavy atom. The van der Waals surface area contributed by atoms with E-state index in [4.69, 9.17) is 21.1 Å². The minimum absolute atomic E-state index is 0.00637. The van der Waals surface area contributed by atoms with Gasteiger partial charge in [0.05, 0.1) is 10.5 Å². The molecule has 0 bridgehead atoms. The summed E-state index contributed by atoms with van der Waals surface area (Å²) in [4.78, 5) is 34.8. The van der Waals surface area contributed by atoms with Crippen molar-refractivity contribution in [2.75, 3.05) is 56.2 Å². The van der Waals surface area contributed by atoms with Crippen LogP contribution < -0.4 is 25.2 Å². The zero-order chi connectivity index (χ0) is 42.7. The molecular formula is C47H51ClN6O6S. The van der Waals surface area contributed by atoms with Crippen LogP contribution in [0.3, 0.4) is 0 Å². The monoisotopic (exact) mass is 862 g/mol. The van der Waals surface area contributed by atoms with Crippen LogP contribution in [0.4, 0.5) is 11.4 Å². The lowest BCUT2D eigenvalue weighted by molar-refractivity contribution is 0.0699. The molecular weight excluding hydrogens is 812 g/mol. The Morgan fingerprint density at radius 1 is 0.934 bits per heavy atom. The number of fused-ring (bicyclic) bond motifs is 1. The van der Waals surface area contributed by atoms with E-state index in [1.165, 1.54) is 6.07 Å². The third-order valence-corrected chi connectivity index (χ3v) is 13.2. The standard InChI is InChI=1S/C47H51ClN6O6S/c1-31(2)54-30-36(42(27-46(54)55)34-4-6-37(48)7-5-34)29-52-18-20-53(21-19-52)38-8-11-41(45(26-38)60-39-9-12-44-35(25-39)14-17-49-44)47(56)51-61(57,58)40-10-13-43(32(3)24-40)50-28-33-15-22-59-23-16-33/h4-14,17,24-27,30-31,33,49-50H,15-16,18-23,28-29H2,1-3H3,(H,51,56). The molecule has 8 rings (SSSR count). The lowest BCUT2D eigenvalue weighted by Crippen LogP contribution is -2.46. The summed E-state index contributed by atoms with van der Waals surface area (Å²) in [5.74, 6) is 0.433. The molecule has 1 amide bonds. The summed E-state index contributed by atoms with van der Waals surface area (Å²) in [5.41, 5.74) is 6.31. The van der Waals surface area contributed by atoms with Crippen molar-refractivity contribution in [1.82, 2.24) is 19.2 Å². The normalized spacial score (nSPS) is 15.3. The van der Waals surface area contributed by atoms with Gasteiger partial charge in [-0.25, -0.2) is 13.1 Å². The zero-order valence-corrected chi connectivity index (χ0v) is 36.2. The van der Waals surface area contributed by atoms with Crippen LogP contribution in [0, 0.1) is 12.8 Å². The summed E-state index contributed by atoms with van der Waals surface area (Å²) in [6.07, 6.45) is 5.79. The zero-order valence-electron chi connectivity index (χ0n) is 34.6. The van der Waals surface area contributed by atoms with E-state index in [1.54, 1.807) is 34.9 Å². The van der Waals surface area contributed by atoms with Crippen molar-refractivity contribution in [3.05, 3.63) is 135 Å². The van der Waals surface area contributed by atoms with Gasteiger partial charge >= 0.3 is 0 Å². The first-order valence-corrected chi connectivity index (χ1v) is 22.6. The maximum Gasteiger partial charge on any atom is 0.268 e. The van der Waals surface area contributed by atoms with Crippen LogP contribution in [0.25, 0.3) is 22.0 Å². The molecule has 4 aromatic carbocycles. The molecule has 6 aromatic rings. The molecule has 2 fully saturated rings. The van der Waals surface area contributed by atoms with Gasteiger partial charge in [0.25, 0.3) is 21.5 Å². The van der Waals surface area contributed by atoms with E-state index in [1.807, 2.05) is 87.8 Å². The molecule has 14 heteroatoms. The van der Waals surface area contributed by atoms with Gasteiger partial charge in [-0.2, -0.15) is 0 Å². The fourth-order valence-electron chi connectivity index (χ4n) is 8.07. The molecule has 0 saturated carbocycles. The quantitative estimate of drug-likeness (QED) is 0.104. The van der Waals surface area contributed by atoms with E-state index in [0.29, 0.717) is 36.3 Å². The number of carbonyl (C=O) groups excluding carboxylic acids is 1. The van der Waals surface area contributed by atoms with Gasteiger partial charge in [0.15, 0.2) is 0 Å². The third kappa shape index (κ3) is 9.81. The van der Waals surface area contributed by atoms with Gasteiger partial charge in [0.2, 0.25) is 0 Å². The number of hydrogen-bond donors (Lipinski definition) is 3. The highest BCUT2D eigenvalue weighted by Gasteiger charge is 2.26. The van der Waals surface area contributed by atoms with E-state index in [9.17, 15) is 18.0 Å². The molecule has 2 aliphatic heterocycles. The molecule has 0 atom stereocenters. The van der Waals surface area contributed by atoms with E-state index in [2.05, 4.69) is 24.8 Å². The molecule has 2 aliphatic rings. The van der Waals surface area contributed by atoms with Crippen molar-refractivity contribution in [1.29, 1.82) is 0 Å². The van der Waals surface area contributed by atoms with Gasteiger partial charge in [-0.05, 0) is 129 Å². The molecule has 12 nitrogen and oxygen atoms in total. The summed E-state index contributed by atoms with van der Waals surface area (Å²) in [6, 6.07) is 26.9. The lowest BCUT2D eigenvalue weighted by Gasteiger charge is -2.36. The first-order chi connectivity index (χ1) is 29.4. The van der Waals surface area contributed by atoms with Crippen molar-refractivity contribution in [3.8, 4) is 22.6 Å². The second-order valence-electron chi connectivity index (χ2n) is 16.2. The van der Waals surface area contributed by atoms with Gasteiger partial charge < -0.3 is 29.2 Å². The second-order valence-corrected chi connectivity index (χ2v) is 18.3. The summed E-state index contributed by atoms with van der Waals surface area (Å²) in [6.45, 7) is 11.7. The number of sulfonamides is 1. The number of H-pyrrole nitrogens is 1.